The lowest BCUT2D eigenvalue weighted by Crippen LogP contribution is -2.30. The molecule has 2 aromatic rings. The van der Waals surface area contributed by atoms with Crippen molar-refractivity contribution in [1.29, 1.82) is 0 Å². The van der Waals surface area contributed by atoms with Gasteiger partial charge >= 0.3 is 0 Å². The smallest absolute Gasteiger partial charge is 0.267 e. The predicted molar refractivity (Wildman–Crippen MR) is 109 cm³/mol. The quantitative estimate of drug-likeness (QED) is 0.478. The van der Waals surface area contributed by atoms with Gasteiger partial charge in [-0.1, -0.05) is 41.5 Å². The molecule has 6 heteroatoms. The molecule has 0 saturated heterocycles. The minimum Gasteiger partial charge on any atom is -0.302 e. The van der Waals surface area contributed by atoms with E-state index in [0.717, 1.165) is 30.0 Å². The van der Waals surface area contributed by atoms with Gasteiger partial charge in [-0.15, -0.1) is 0 Å². The molecule has 2 rings (SSSR count). The highest BCUT2D eigenvalue weighted by Gasteiger charge is 2.25. The summed E-state index contributed by atoms with van der Waals surface area (Å²) in [6.45, 7) is 15.0. The van der Waals surface area contributed by atoms with Crippen LogP contribution in [-0.4, -0.2) is 39.0 Å². The van der Waals surface area contributed by atoms with Crippen LogP contribution in [0.25, 0.3) is 11.7 Å². The number of nitrogens with zero attached hydrogens (tertiary/aromatic N) is 3. The van der Waals surface area contributed by atoms with Gasteiger partial charge in [0.2, 0.25) is 0 Å². The van der Waals surface area contributed by atoms with Crippen molar-refractivity contribution < 1.29 is 10.0 Å². The zero-order valence-electron chi connectivity index (χ0n) is 17.5. The maximum Gasteiger partial charge on any atom is 0.267 e. The van der Waals surface area contributed by atoms with Crippen LogP contribution in [0, 0.1) is 5.41 Å². The van der Waals surface area contributed by atoms with Gasteiger partial charge in [-0.3, -0.25) is 10.0 Å². The summed E-state index contributed by atoms with van der Waals surface area (Å²) in [4.78, 5) is 18.4. The fourth-order valence-electron chi connectivity index (χ4n) is 3.30. The number of aromatic nitrogens is 2. The molecular weight excluding hydrogens is 340 g/mol. The van der Waals surface area contributed by atoms with Crippen LogP contribution in [0.4, 0.5) is 0 Å². The zero-order chi connectivity index (χ0) is 20.4. The Hall–Kier alpha value is -2.18. The van der Waals surface area contributed by atoms with Crippen molar-refractivity contribution in [2.75, 3.05) is 13.6 Å². The maximum absolute atomic E-state index is 11.2. The standard InChI is InChI=1S/C21H32N4O2/c1-20(2,3)14-24(7)13-16-19(21(4,5)6)22-17-12-15(10-11-25(16)17)8-9-18(26)23-27/h8-12,27H,13-14H2,1-7H3,(H,23,26)/b9-8+. The van der Waals surface area contributed by atoms with E-state index in [1.807, 2.05) is 18.3 Å². The fraction of sp³-hybridized carbons (Fsp3) is 0.524. The normalized spacial score (nSPS) is 13.1. The first-order valence-corrected chi connectivity index (χ1v) is 9.23. The molecule has 0 aliphatic rings. The minimum atomic E-state index is -0.557. The summed E-state index contributed by atoms with van der Waals surface area (Å²) in [6, 6.07) is 3.89. The van der Waals surface area contributed by atoms with E-state index in [1.165, 1.54) is 11.8 Å². The SMILES string of the molecule is CN(Cc1c(C(C)(C)C)nc2cc(/C=C/C(=O)NO)ccn12)CC(C)(C)C. The Bertz CT molecular complexity index is 838. The average Bonchev–Trinajstić information content (AvgIpc) is 2.88. The third-order valence-electron chi connectivity index (χ3n) is 4.16. The number of carbonyl (C=O) groups is 1. The second kappa shape index (κ2) is 7.82. The molecule has 2 N–H and O–H groups in total. The van der Waals surface area contributed by atoms with Crippen LogP contribution in [0.15, 0.2) is 24.4 Å². The molecule has 148 valence electrons. The lowest BCUT2D eigenvalue weighted by atomic mass is 9.90. The number of hydrogen-bond acceptors (Lipinski definition) is 4. The van der Waals surface area contributed by atoms with E-state index in [9.17, 15) is 4.79 Å². The Balaban J connectivity index is 2.45. The molecule has 0 aliphatic carbocycles. The molecule has 0 unspecified atom stereocenters. The fourth-order valence-corrected chi connectivity index (χ4v) is 3.30. The lowest BCUT2D eigenvalue weighted by molar-refractivity contribution is -0.124. The summed E-state index contributed by atoms with van der Waals surface area (Å²) in [5.41, 5.74) is 5.72. The van der Waals surface area contributed by atoms with Crippen molar-refractivity contribution >= 4 is 17.6 Å². The van der Waals surface area contributed by atoms with Crippen LogP contribution in [0.1, 0.15) is 58.5 Å². The molecule has 27 heavy (non-hydrogen) atoms. The number of fused-ring (bicyclic) bond motifs is 1. The Morgan fingerprint density at radius 3 is 2.52 bits per heavy atom. The second-order valence-electron chi connectivity index (χ2n) is 9.39. The van der Waals surface area contributed by atoms with Crippen LogP contribution in [-0.2, 0) is 16.8 Å². The van der Waals surface area contributed by atoms with E-state index < -0.39 is 5.91 Å². The van der Waals surface area contributed by atoms with E-state index in [2.05, 4.69) is 57.9 Å². The third kappa shape index (κ3) is 5.65. The highest BCUT2D eigenvalue weighted by Crippen LogP contribution is 2.28. The Labute approximate surface area is 161 Å². The van der Waals surface area contributed by atoms with Crippen LogP contribution >= 0.6 is 0 Å². The number of pyridine rings is 1. The van der Waals surface area contributed by atoms with Crippen LogP contribution in [0.5, 0.6) is 0 Å². The van der Waals surface area contributed by atoms with Crippen molar-refractivity contribution in [3.63, 3.8) is 0 Å². The van der Waals surface area contributed by atoms with E-state index in [1.54, 1.807) is 11.6 Å². The van der Waals surface area contributed by atoms with E-state index in [4.69, 9.17) is 10.2 Å². The van der Waals surface area contributed by atoms with Gasteiger partial charge in [0.05, 0.1) is 11.4 Å². The van der Waals surface area contributed by atoms with Crippen LogP contribution < -0.4 is 5.48 Å². The largest absolute Gasteiger partial charge is 0.302 e. The molecule has 0 saturated carbocycles. The number of rotatable bonds is 5. The Kier molecular flexibility index (Phi) is 6.12. The topological polar surface area (TPSA) is 69.9 Å². The molecule has 1 amide bonds. The van der Waals surface area contributed by atoms with Gasteiger partial charge < -0.3 is 9.30 Å². The highest BCUT2D eigenvalue weighted by molar-refractivity contribution is 5.90. The van der Waals surface area contributed by atoms with Gasteiger partial charge in [0.1, 0.15) is 5.65 Å². The van der Waals surface area contributed by atoms with Gasteiger partial charge in [0.15, 0.2) is 0 Å². The first kappa shape index (κ1) is 21.1. The lowest BCUT2D eigenvalue weighted by Gasteiger charge is -2.27. The molecule has 2 aromatic heterocycles. The predicted octanol–water partition coefficient (Wildman–Crippen LogP) is 3.63. The van der Waals surface area contributed by atoms with Crippen molar-refractivity contribution in [3.05, 3.63) is 41.4 Å². The first-order valence-electron chi connectivity index (χ1n) is 9.23. The Morgan fingerprint density at radius 1 is 1.30 bits per heavy atom. The molecule has 0 radical (unpaired) electrons. The molecule has 0 atom stereocenters. The van der Waals surface area contributed by atoms with Crippen molar-refractivity contribution in [1.82, 2.24) is 19.8 Å². The summed E-state index contributed by atoms with van der Waals surface area (Å²) in [5, 5.41) is 8.61. The molecule has 2 heterocycles. The van der Waals surface area contributed by atoms with E-state index >= 15 is 0 Å². The number of carbonyl (C=O) groups excluding carboxylic acids is 1. The van der Waals surface area contributed by atoms with E-state index in [0.29, 0.717) is 0 Å². The summed E-state index contributed by atoms with van der Waals surface area (Å²) >= 11 is 0. The molecule has 0 bridgehead atoms. The van der Waals surface area contributed by atoms with Gasteiger partial charge in [0, 0.05) is 30.8 Å². The van der Waals surface area contributed by atoms with Gasteiger partial charge in [-0.2, -0.15) is 0 Å². The number of imidazole rings is 1. The minimum absolute atomic E-state index is 0.0727. The number of amides is 1. The maximum atomic E-state index is 11.2. The summed E-state index contributed by atoms with van der Waals surface area (Å²) in [7, 11) is 2.14. The monoisotopic (exact) mass is 372 g/mol. The molecule has 6 nitrogen and oxygen atoms in total. The number of hydrogen-bond donors (Lipinski definition) is 2. The Morgan fingerprint density at radius 2 is 1.96 bits per heavy atom. The molecule has 0 fully saturated rings. The zero-order valence-corrected chi connectivity index (χ0v) is 17.5. The van der Waals surface area contributed by atoms with Gasteiger partial charge in [0.25, 0.3) is 5.91 Å². The highest BCUT2D eigenvalue weighted by atomic mass is 16.5. The van der Waals surface area contributed by atoms with E-state index in [-0.39, 0.29) is 10.8 Å². The first-order chi connectivity index (χ1) is 12.4. The number of nitrogens with one attached hydrogen (secondary N) is 1. The number of hydroxylamine groups is 1. The van der Waals surface area contributed by atoms with Crippen molar-refractivity contribution in [2.24, 2.45) is 5.41 Å². The average molecular weight is 373 g/mol. The van der Waals surface area contributed by atoms with Gasteiger partial charge in [-0.25, -0.2) is 10.5 Å². The molecule has 0 aromatic carbocycles. The second-order valence-corrected chi connectivity index (χ2v) is 9.39. The van der Waals surface area contributed by atoms with Crippen LogP contribution in [0.2, 0.25) is 0 Å². The third-order valence-corrected chi connectivity index (χ3v) is 4.16. The molecule has 0 spiro atoms. The molecular formula is C21H32N4O2. The van der Waals surface area contributed by atoms with Crippen LogP contribution in [0.3, 0.4) is 0 Å². The van der Waals surface area contributed by atoms with Crippen molar-refractivity contribution in [3.8, 4) is 0 Å². The molecule has 0 aliphatic heterocycles. The summed E-state index contributed by atoms with van der Waals surface area (Å²) < 4.78 is 2.13. The summed E-state index contributed by atoms with van der Waals surface area (Å²) in [6.07, 6.45) is 4.94. The van der Waals surface area contributed by atoms with Gasteiger partial charge in [-0.05, 0) is 36.2 Å². The van der Waals surface area contributed by atoms with Crippen molar-refractivity contribution in [2.45, 2.75) is 53.5 Å². The summed E-state index contributed by atoms with van der Waals surface area (Å²) in [5.74, 6) is -0.557.